The van der Waals surface area contributed by atoms with Crippen molar-refractivity contribution in [1.29, 1.82) is 0 Å². The molecule has 0 aliphatic heterocycles. The fourth-order valence-electron chi connectivity index (χ4n) is 2.10. The van der Waals surface area contributed by atoms with Crippen LogP contribution in [0.1, 0.15) is 38.8 Å². The van der Waals surface area contributed by atoms with E-state index in [1.807, 2.05) is 36.4 Å². The lowest BCUT2D eigenvalue weighted by molar-refractivity contribution is 0.217. The quantitative estimate of drug-likeness (QED) is 0.805. The molecule has 112 valence electrons. The van der Waals surface area contributed by atoms with Gasteiger partial charge in [0.1, 0.15) is 11.5 Å². The Kier molecular flexibility index (Phi) is 5.09. The average molecular weight is 285 g/mol. The summed E-state index contributed by atoms with van der Waals surface area (Å²) in [5, 5.41) is 13.0. The van der Waals surface area contributed by atoms with Crippen LogP contribution < -0.4 is 10.1 Å². The number of anilines is 1. The van der Waals surface area contributed by atoms with Crippen molar-refractivity contribution in [3.63, 3.8) is 0 Å². The second kappa shape index (κ2) is 7.02. The zero-order chi connectivity index (χ0) is 15.2. The Morgan fingerprint density at radius 2 is 1.86 bits per heavy atom. The van der Waals surface area contributed by atoms with E-state index < -0.39 is 0 Å². The van der Waals surface area contributed by atoms with E-state index in [0.29, 0.717) is 0 Å². The van der Waals surface area contributed by atoms with Gasteiger partial charge in [-0.1, -0.05) is 25.1 Å². The molecule has 0 aromatic heterocycles. The molecular weight excluding hydrogens is 262 g/mol. The van der Waals surface area contributed by atoms with Crippen LogP contribution in [0.4, 0.5) is 5.69 Å². The Morgan fingerprint density at radius 1 is 1.10 bits per heavy atom. The molecule has 2 aromatic carbocycles. The van der Waals surface area contributed by atoms with Crippen molar-refractivity contribution in [2.45, 2.75) is 39.3 Å². The van der Waals surface area contributed by atoms with Crippen LogP contribution in [0.25, 0.3) is 0 Å². The largest absolute Gasteiger partial charge is 0.508 e. The summed E-state index contributed by atoms with van der Waals surface area (Å²) in [6.45, 7) is 6.24. The molecule has 0 aliphatic rings. The van der Waals surface area contributed by atoms with E-state index in [0.717, 1.165) is 23.4 Å². The lowest BCUT2D eigenvalue weighted by atomic mass is 10.1. The average Bonchev–Trinajstić information content (AvgIpc) is 2.47. The summed E-state index contributed by atoms with van der Waals surface area (Å²) in [6, 6.07) is 15.4. The normalized spacial score (nSPS) is 13.5. The van der Waals surface area contributed by atoms with Crippen molar-refractivity contribution in [3.05, 3.63) is 54.1 Å². The number of hydrogen-bond donors (Lipinski definition) is 2. The maximum absolute atomic E-state index is 9.55. The molecule has 0 radical (unpaired) electrons. The number of rotatable bonds is 6. The van der Waals surface area contributed by atoms with Gasteiger partial charge in [0.25, 0.3) is 0 Å². The van der Waals surface area contributed by atoms with Crippen LogP contribution in [0.5, 0.6) is 11.5 Å². The lowest BCUT2D eigenvalue weighted by Gasteiger charge is -2.18. The van der Waals surface area contributed by atoms with Gasteiger partial charge in [-0.2, -0.15) is 0 Å². The lowest BCUT2D eigenvalue weighted by Crippen LogP contribution is -2.10. The van der Waals surface area contributed by atoms with Gasteiger partial charge in [0.15, 0.2) is 0 Å². The second-order valence-electron chi connectivity index (χ2n) is 5.33. The van der Waals surface area contributed by atoms with E-state index in [1.54, 1.807) is 12.1 Å². The summed E-state index contributed by atoms with van der Waals surface area (Å²) in [5.41, 5.74) is 2.05. The van der Waals surface area contributed by atoms with E-state index in [9.17, 15) is 5.11 Å². The third kappa shape index (κ3) is 4.42. The van der Waals surface area contributed by atoms with Crippen molar-refractivity contribution >= 4 is 5.69 Å². The molecule has 3 heteroatoms. The first-order chi connectivity index (χ1) is 10.1. The zero-order valence-corrected chi connectivity index (χ0v) is 12.8. The van der Waals surface area contributed by atoms with Crippen LogP contribution in [0.3, 0.4) is 0 Å². The van der Waals surface area contributed by atoms with E-state index in [2.05, 4.69) is 26.1 Å². The highest BCUT2D eigenvalue weighted by Crippen LogP contribution is 2.25. The molecule has 2 atom stereocenters. The Balaban J connectivity index is 2.07. The minimum absolute atomic E-state index is 0.107. The molecule has 21 heavy (non-hydrogen) atoms. The number of phenols is 1. The Hall–Kier alpha value is -2.16. The highest BCUT2D eigenvalue weighted by atomic mass is 16.5. The van der Waals surface area contributed by atoms with Crippen LogP contribution >= 0.6 is 0 Å². The summed E-state index contributed by atoms with van der Waals surface area (Å²) in [7, 11) is 0. The molecule has 0 saturated carbocycles. The minimum Gasteiger partial charge on any atom is -0.508 e. The number of phenolic OH excluding ortho intramolecular Hbond substituents is 1. The molecule has 0 spiro atoms. The number of aromatic hydroxyl groups is 1. The van der Waals surface area contributed by atoms with Crippen LogP contribution in [-0.2, 0) is 0 Å². The van der Waals surface area contributed by atoms with Crippen molar-refractivity contribution < 1.29 is 9.84 Å². The molecule has 2 unspecified atom stereocenters. The Bertz CT molecular complexity index is 583. The fraction of sp³-hybridized carbons (Fsp3) is 0.333. The van der Waals surface area contributed by atoms with Gasteiger partial charge in [-0.15, -0.1) is 0 Å². The Morgan fingerprint density at radius 3 is 2.57 bits per heavy atom. The van der Waals surface area contributed by atoms with Gasteiger partial charge in [-0.3, -0.25) is 0 Å². The summed E-state index contributed by atoms with van der Waals surface area (Å²) in [4.78, 5) is 0. The summed E-state index contributed by atoms with van der Waals surface area (Å²) >= 11 is 0. The van der Waals surface area contributed by atoms with Gasteiger partial charge in [-0.05, 0) is 50.1 Å². The molecule has 0 amide bonds. The smallest absolute Gasteiger partial charge is 0.121 e. The van der Waals surface area contributed by atoms with Gasteiger partial charge < -0.3 is 15.2 Å². The molecular formula is C18H23NO2. The molecule has 0 saturated heterocycles. The van der Waals surface area contributed by atoms with Crippen molar-refractivity contribution in [1.82, 2.24) is 0 Å². The highest BCUT2D eigenvalue weighted by Gasteiger charge is 2.07. The standard InChI is InChI=1S/C18H23NO2/c1-4-13(2)21-18-10-6-8-16(12-18)19-14(3)15-7-5-9-17(20)11-15/h5-14,19-20H,4H2,1-3H3. The molecule has 2 aromatic rings. The number of benzene rings is 2. The van der Waals surface area contributed by atoms with Gasteiger partial charge in [0, 0.05) is 17.8 Å². The van der Waals surface area contributed by atoms with Crippen LogP contribution in [0, 0.1) is 0 Å². The van der Waals surface area contributed by atoms with Crippen LogP contribution in [0.2, 0.25) is 0 Å². The third-order valence-electron chi connectivity index (χ3n) is 3.50. The highest BCUT2D eigenvalue weighted by molar-refractivity contribution is 5.50. The second-order valence-corrected chi connectivity index (χ2v) is 5.33. The van der Waals surface area contributed by atoms with E-state index >= 15 is 0 Å². The predicted molar refractivity (Wildman–Crippen MR) is 87.0 cm³/mol. The molecule has 0 aliphatic carbocycles. The summed E-state index contributed by atoms with van der Waals surface area (Å²) in [5.74, 6) is 1.16. The summed E-state index contributed by atoms with van der Waals surface area (Å²) in [6.07, 6.45) is 1.20. The zero-order valence-electron chi connectivity index (χ0n) is 12.8. The third-order valence-corrected chi connectivity index (χ3v) is 3.50. The van der Waals surface area contributed by atoms with E-state index in [4.69, 9.17) is 4.74 Å². The SMILES string of the molecule is CCC(C)Oc1cccc(NC(C)c2cccc(O)c2)c1. The van der Waals surface area contributed by atoms with E-state index in [1.165, 1.54) is 0 Å². The predicted octanol–water partition coefficient (Wildman–Crippen LogP) is 4.74. The van der Waals surface area contributed by atoms with Crippen LogP contribution in [-0.4, -0.2) is 11.2 Å². The Labute approximate surface area is 126 Å². The van der Waals surface area contributed by atoms with E-state index in [-0.39, 0.29) is 17.9 Å². The number of hydrogen-bond acceptors (Lipinski definition) is 3. The minimum atomic E-state index is 0.107. The summed E-state index contributed by atoms with van der Waals surface area (Å²) < 4.78 is 5.83. The van der Waals surface area contributed by atoms with Gasteiger partial charge >= 0.3 is 0 Å². The van der Waals surface area contributed by atoms with Crippen molar-refractivity contribution in [2.75, 3.05) is 5.32 Å². The number of ether oxygens (including phenoxy) is 1. The first-order valence-corrected chi connectivity index (χ1v) is 7.40. The van der Waals surface area contributed by atoms with Gasteiger partial charge in [0.2, 0.25) is 0 Å². The number of nitrogens with one attached hydrogen (secondary N) is 1. The monoisotopic (exact) mass is 285 g/mol. The molecule has 3 nitrogen and oxygen atoms in total. The maximum atomic E-state index is 9.55. The molecule has 2 N–H and O–H groups in total. The maximum Gasteiger partial charge on any atom is 0.121 e. The molecule has 2 rings (SSSR count). The van der Waals surface area contributed by atoms with Crippen molar-refractivity contribution in [3.8, 4) is 11.5 Å². The van der Waals surface area contributed by atoms with Crippen LogP contribution in [0.15, 0.2) is 48.5 Å². The molecule has 0 fully saturated rings. The van der Waals surface area contributed by atoms with Gasteiger partial charge in [0.05, 0.1) is 6.10 Å². The van der Waals surface area contributed by atoms with Crippen molar-refractivity contribution in [2.24, 2.45) is 0 Å². The fourth-order valence-corrected chi connectivity index (χ4v) is 2.10. The first kappa shape index (κ1) is 15.2. The topological polar surface area (TPSA) is 41.5 Å². The van der Waals surface area contributed by atoms with Gasteiger partial charge in [-0.25, -0.2) is 0 Å². The molecule has 0 heterocycles. The molecule has 0 bridgehead atoms. The first-order valence-electron chi connectivity index (χ1n) is 7.40.